The minimum Gasteiger partial charge on any atom is -0.507 e. The van der Waals surface area contributed by atoms with E-state index in [9.17, 15) is 9.90 Å². The lowest BCUT2D eigenvalue weighted by Gasteiger charge is -2.26. The summed E-state index contributed by atoms with van der Waals surface area (Å²) in [7, 11) is 0. The summed E-state index contributed by atoms with van der Waals surface area (Å²) < 4.78 is 5.63. The van der Waals surface area contributed by atoms with Crippen molar-refractivity contribution in [1.29, 1.82) is 0 Å². The van der Waals surface area contributed by atoms with Gasteiger partial charge < -0.3 is 19.7 Å². The highest BCUT2D eigenvalue weighted by atomic mass is 35.5. The van der Waals surface area contributed by atoms with Crippen molar-refractivity contribution in [2.75, 3.05) is 11.4 Å². The molecule has 0 saturated carbocycles. The number of para-hydroxylation sites is 1. The van der Waals surface area contributed by atoms with E-state index in [1.807, 2.05) is 65.6 Å². The van der Waals surface area contributed by atoms with Gasteiger partial charge in [-0.15, -0.1) is 0 Å². The number of phenols is 1. The molecule has 0 bridgehead atoms. The molecule has 6 nitrogen and oxygen atoms in total. The van der Waals surface area contributed by atoms with Gasteiger partial charge in [-0.25, -0.2) is 4.98 Å². The molecule has 3 heterocycles. The maximum Gasteiger partial charge on any atom is 0.243 e. The predicted molar refractivity (Wildman–Crippen MR) is 133 cm³/mol. The van der Waals surface area contributed by atoms with Crippen LogP contribution in [0.1, 0.15) is 18.4 Å². The number of aromatic nitrogens is 1. The lowest BCUT2D eigenvalue weighted by Crippen LogP contribution is -2.43. The molecule has 2 aromatic heterocycles. The fourth-order valence-electron chi connectivity index (χ4n) is 4.33. The number of anilines is 1. The molecular formula is C27H24ClN3O3. The minimum absolute atomic E-state index is 0.0632. The Morgan fingerprint density at radius 3 is 2.74 bits per heavy atom. The van der Waals surface area contributed by atoms with E-state index in [4.69, 9.17) is 21.0 Å². The van der Waals surface area contributed by atoms with Gasteiger partial charge in [-0.3, -0.25) is 4.79 Å². The number of amides is 1. The average molecular weight is 474 g/mol. The van der Waals surface area contributed by atoms with Gasteiger partial charge in [-0.05, 0) is 60.9 Å². The maximum absolute atomic E-state index is 13.2. The molecule has 0 spiro atoms. The van der Waals surface area contributed by atoms with Crippen LogP contribution in [0, 0.1) is 0 Å². The van der Waals surface area contributed by atoms with Gasteiger partial charge in [0, 0.05) is 29.2 Å². The first kappa shape index (κ1) is 22.0. The average Bonchev–Trinajstić information content (AvgIpc) is 3.56. The summed E-state index contributed by atoms with van der Waals surface area (Å²) in [6.45, 7) is 1.07. The van der Waals surface area contributed by atoms with Gasteiger partial charge in [0.05, 0.1) is 12.0 Å². The number of nitrogens with zero attached hydrogens (tertiary/aromatic N) is 2. The highest BCUT2D eigenvalue weighted by molar-refractivity contribution is 6.31. The molecule has 0 aliphatic carbocycles. The summed E-state index contributed by atoms with van der Waals surface area (Å²) in [6, 6.07) is 21.8. The van der Waals surface area contributed by atoms with Crippen molar-refractivity contribution >= 4 is 23.3 Å². The van der Waals surface area contributed by atoms with Crippen LogP contribution in [0.3, 0.4) is 0 Å². The van der Waals surface area contributed by atoms with E-state index < -0.39 is 0 Å². The Morgan fingerprint density at radius 1 is 1.12 bits per heavy atom. The molecule has 1 aliphatic heterocycles. The highest BCUT2D eigenvalue weighted by Crippen LogP contribution is 2.35. The number of aromatic hydroxyl groups is 1. The molecule has 1 fully saturated rings. The van der Waals surface area contributed by atoms with E-state index in [0.29, 0.717) is 40.9 Å². The zero-order valence-corrected chi connectivity index (χ0v) is 19.2. The molecule has 1 atom stereocenters. The van der Waals surface area contributed by atoms with Crippen LogP contribution in [0.2, 0.25) is 5.02 Å². The number of halogens is 1. The van der Waals surface area contributed by atoms with Gasteiger partial charge in [0.15, 0.2) is 0 Å². The Kier molecular flexibility index (Phi) is 6.23. The second-order valence-electron chi connectivity index (χ2n) is 8.25. The van der Waals surface area contributed by atoms with E-state index in [1.165, 1.54) is 0 Å². The second-order valence-corrected chi connectivity index (χ2v) is 8.66. The number of carbonyl (C=O) groups excluding carboxylic acids is 1. The fraction of sp³-hybridized carbons (Fsp3) is 0.185. The topological polar surface area (TPSA) is 78.6 Å². The van der Waals surface area contributed by atoms with Crippen LogP contribution in [0.25, 0.3) is 22.6 Å². The van der Waals surface area contributed by atoms with Gasteiger partial charge in [0.1, 0.15) is 23.4 Å². The van der Waals surface area contributed by atoms with Crippen LogP contribution in [-0.2, 0) is 11.3 Å². The molecule has 1 saturated heterocycles. The summed E-state index contributed by atoms with van der Waals surface area (Å²) in [5.74, 6) is 1.45. The van der Waals surface area contributed by atoms with Crippen molar-refractivity contribution in [3.8, 4) is 28.3 Å². The number of furan rings is 1. The van der Waals surface area contributed by atoms with E-state index >= 15 is 0 Å². The summed E-state index contributed by atoms with van der Waals surface area (Å²) in [5, 5.41) is 14.1. The molecule has 2 N–H and O–H groups in total. The Labute approximate surface area is 202 Å². The quantitative estimate of drug-likeness (QED) is 0.378. The molecule has 2 aromatic carbocycles. The first-order chi connectivity index (χ1) is 16.6. The zero-order chi connectivity index (χ0) is 23.5. The van der Waals surface area contributed by atoms with Crippen LogP contribution in [0.5, 0.6) is 5.75 Å². The van der Waals surface area contributed by atoms with Crippen LogP contribution < -0.4 is 10.2 Å². The first-order valence-corrected chi connectivity index (χ1v) is 11.6. The second kappa shape index (κ2) is 9.61. The summed E-state index contributed by atoms with van der Waals surface area (Å²) in [6.07, 6.45) is 3.23. The Bertz CT molecular complexity index is 1310. The molecule has 7 heteroatoms. The predicted octanol–water partition coefficient (Wildman–Crippen LogP) is 5.65. The number of nitrogens with one attached hydrogen (secondary N) is 1. The largest absolute Gasteiger partial charge is 0.507 e. The number of rotatable bonds is 6. The molecule has 1 amide bonds. The minimum atomic E-state index is -0.348. The van der Waals surface area contributed by atoms with Gasteiger partial charge >= 0.3 is 0 Å². The Morgan fingerprint density at radius 2 is 1.94 bits per heavy atom. The fourth-order valence-corrected chi connectivity index (χ4v) is 4.53. The van der Waals surface area contributed by atoms with E-state index in [-0.39, 0.29) is 17.7 Å². The number of hydrogen-bond acceptors (Lipinski definition) is 5. The molecule has 5 rings (SSSR count). The lowest BCUT2D eigenvalue weighted by molar-refractivity contribution is -0.122. The SMILES string of the molecule is O=C(NCc1ccccc1Cl)[C@@H]1CCCN1c1cc(-c2ccco2)cc(-c2ccccc2O)n1. The summed E-state index contributed by atoms with van der Waals surface area (Å²) in [5.41, 5.74) is 2.94. The van der Waals surface area contributed by atoms with Crippen molar-refractivity contribution < 1.29 is 14.3 Å². The van der Waals surface area contributed by atoms with Crippen LogP contribution in [-0.4, -0.2) is 28.6 Å². The number of hydrogen-bond donors (Lipinski definition) is 2. The van der Waals surface area contributed by atoms with Crippen molar-refractivity contribution in [3.63, 3.8) is 0 Å². The molecule has 4 aromatic rings. The summed E-state index contributed by atoms with van der Waals surface area (Å²) in [4.78, 5) is 20.0. The molecular weight excluding hydrogens is 450 g/mol. The van der Waals surface area contributed by atoms with E-state index in [1.54, 1.807) is 18.4 Å². The van der Waals surface area contributed by atoms with Crippen LogP contribution >= 0.6 is 11.6 Å². The lowest BCUT2D eigenvalue weighted by atomic mass is 10.1. The Balaban J connectivity index is 1.46. The third-order valence-corrected chi connectivity index (χ3v) is 6.43. The normalized spacial score (nSPS) is 15.4. The van der Waals surface area contributed by atoms with Crippen molar-refractivity contribution in [3.05, 3.63) is 89.6 Å². The standard InChI is InChI=1S/C27H24ClN3O3/c28-21-9-3-1-7-18(21)17-29-27(33)23-10-5-13-31(23)26-16-19(25-12-6-14-34-25)15-22(30-26)20-8-2-4-11-24(20)32/h1-4,6-9,11-12,14-16,23,32H,5,10,13,17H2,(H,29,33)/t23-/m0/s1. The van der Waals surface area contributed by atoms with Crippen molar-refractivity contribution in [2.45, 2.75) is 25.4 Å². The third-order valence-electron chi connectivity index (χ3n) is 6.06. The highest BCUT2D eigenvalue weighted by Gasteiger charge is 2.32. The number of carbonyl (C=O) groups is 1. The van der Waals surface area contributed by atoms with E-state index in [2.05, 4.69) is 5.32 Å². The number of benzene rings is 2. The van der Waals surface area contributed by atoms with E-state index in [0.717, 1.165) is 24.0 Å². The van der Waals surface area contributed by atoms with Gasteiger partial charge in [-0.1, -0.05) is 41.9 Å². The van der Waals surface area contributed by atoms with Crippen LogP contribution in [0.4, 0.5) is 5.82 Å². The van der Waals surface area contributed by atoms with Gasteiger partial charge in [-0.2, -0.15) is 0 Å². The Hall–Kier alpha value is -3.77. The maximum atomic E-state index is 13.2. The van der Waals surface area contributed by atoms with Crippen LogP contribution in [0.15, 0.2) is 83.5 Å². The molecule has 172 valence electrons. The summed E-state index contributed by atoms with van der Waals surface area (Å²) >= 11 is 6.25. The number of pyridine rings is 1. The number of phenolic OH excluding ortho intramolecular Hbond substituents is 1. The first-order valence-electron chi connectivity index (χ1n) is 11.2. The molecule has 34 heavy (non-hydrogen) atoms. The van der Waals surface area contributed by atoms with Gasteiger partial charge in [0.25, 0.3) is 0 Å². The molecule has 1 aliphatic rings. The van der Waals surface area contributed by atoms with Crippen molar-refractivity contribution in [2.24, 2.45) is 0 Å². The van der Waals surface area contributed by atoms with Gasteiger partial charge in [0.2, 0.25) is 5.91 Å². The van der Waals surface area contributed by atoms with Crippen molar-refractivity contribution in [1.82, 2.24) is 10.3 Å². The third kappa shape index (κ3) is 4.50. The smallest absolute Gasteiger partial charge is 0.243 e. The monoisotopic (exact) mass is 473 g/mol. The molecule has 0 unspecified atom stereocenters. The molecule has 0 radical (unpaired) electrons. The zero-order valence-electron chi connectivity index (χ0n) is 18.4.